The molecule has 0 atom stereocenters. The van der Waals surface area contributed by atoms with Crippen molar-refractivity contribution in [1.82, 2.24) is 20.1 Å². The maximum atomic E-state index is 12.1. The number of rotatable bonds is 4. The van der Waals surface area contributed by atoms with Gasteiger partial charge in [0.1, 0.15) is 5.69 Å². The Bertz CT molecular complexity index is 785. The highest BCUT2D eigenvalue weighted by molar-refractivity contribution is 5.92. The minimum atomic E-state index is -0.0852. The number of hydrogen-bond donors (Lipinski definition) is 2. The van der Waals surface area contributed by atoms with Gasteiger partial charge in [0.2, 0.25) is 0 Å². The van der Waals surface area contributed by atoms with E-state index in [0.717, 1.165) is 17.6 Å². The number of amides is 1. The normalized spacial score (nSPS) is 11.0. The van der Waals surface area contributed by atoms with E-state index < -0.39 is 0 Å². The van der Waals surface area contributed by atoms with E-state index in [1.807, 2.05) is 25.3 Å². The van der Waals surface area contributed by atoms with Gasteiger partial charge in [0.25, 0.3) is 5.91 Å². The highest BCUT2D eigenvalue weighted by Crippen LogP contribution is 2.17. The van der Waals surface area contributed by atoms with Crippen LogP contribution in [0.5, 0.6) is 0 Å². The highest BCUT2D eigenvalue weighted by atomic mass is 16.2. The summed E-state index contributed by atoms with van der Waals surface area (Å²) in [7, 11) is 1.78. The van der Waals surface area contributed by atoms with Crippen LogP contribution in [0.2, 0.25) is 0 Å². The van der Waals surface area contributed by atoms with Gasteiger partial charge in [-0.05, 0) is 31.0 Å². The Morgan fingerprint density at radius 3 is 2.95 bits per heavy atom. The Morgan fingerprint density at radius 2 is 2.19 bits per heavy atom. The summed E-state index contributed by atoms with van der Waals surface area (Å²) in [6.45, 7) is 2.48. The van der Waals surface area contributed by atoms with Gasteiger partial charge in [0, 0.05) is 30.7 Å². The summed E-state index contributed by atoms with van der Waals surface area (Å²) in [6, 6.07) is 9.97. The van der Waals surface area contributed by atoms with Gasteiger partial charge < -0.3 is 10.3 Å². The minimum Gasteiger partial charge on any atom is -0.361 e. The zero-order chi connectivity index (χ0) is 14.8. The lowest BCUT2D eigenvalue weighted by molar-refractivity contribution is 0.0945. The molecule has 0 spiro atoms. The van der Waals surface area contributed by atoms with Gasteiger partial charge >= 0.3 is 0 Å². The van der Waals surface area contributed by atoms with Crippen molar-refractivity contribution in [1.29, 1.82) is 0 Å². The Morgan fingerprint density at radius 1 is 1.38 bits per heavy atom. The number of carbonyl (C=O) groups excluding carboxylic acids is 1. The number of carbonyl (C=O) groups is 1. The Kier molecular flexibility index (Phi) is 3.48. The third-order valence-corrected chi connectivity index (χ3v) is 3.59. The third-order valence-electron chi connectivity index (χ3n) is 3.59. The third kappa shape index (κ3) is 2.67. The summed E-state index contributed by atoms with van der Waals surface area (Å²) in [6.07, 6.45) is 2.80. The van der Waals surface area contributed by atoms with Gasteiger partial charge in [-0.2, -0.15) is 5.10 Å². The van der Waals surface area contributed by atoms with Gasteiger partial charge in [-0.25, -0.2) is 0 Å². The van der Waals surface area contributed by atoms with Crippen LogP contribution in [0.1, 0.15) is 21.7 Å². The van der Waals surface area contributed by atoms with Crippen LogP contribution in [-0.2, 0) is 13.5 Å². The molecule has 1 aromatic carbocycles. The molecule has 0 aliphatic heterocycles. The molecule has 5 nitrogen and oxygen atoms in total. The van der Waals surface area contributed by atoms with Gasteiger partial charge in [0.05, 0.1) is 5.69 Å². The standard InChI is InChI=1S/C16H18N4O/c1-11-9-15(20(2)19-11)16(21)17-8-7-12-10-18-14-6-4-3-5-13(12)14/h3-6,9-10,18H,7-8H2,1-2H3,(H,17,21). The molecule has 21 heavy (non-hydrogen) atoms. The number of H-pyrrole nitrogens is 1. The monoisotopic (exact) mass is 282 g/mol. The van der Waals surface area contributed by atoms with Crippen LogP contribution in [0.15, 0.2) is 36.5 Å². The molecule has 2 aromatic heterocycles. The smallest absolute Gasteiger partial charge is 0.269 e. The largest absolute Gasteiger partial charge is 0.361 e. The predicted molar refractivity (Wildman–Crippen MR) is 82.3 cm³/mol. The zero-order valence-electron chi connectivity index (χ0n) is 12.2. The highest BCUT2D eigenvalue weighted by Gasteiger charge is 2.11. The first-order chi connectivity index (χ1) is 10.1. The Balaban J connectivity index is 1.64. The second-order valence-corrected chi connectivity index (χ2v) is 5.16. The van der Waals surface area contributed by atoms with E-state index in [1.54, 1.807) is 17.8 Å². The van der Waals surface area contributed by atoms with Gasteiger partial charge in [0.15, 0.2) is 0 Å². The van der Waals surface area contributed by atoms with Crippen molar-refractivity contribution >= 4 is 16.8 Å². The molecule has 0 aliphatic carbocycles. The average Bonchev–Trinajstić information content (AvgIpc) is 3.02. The topological polar surface area (TPSA) is 62.7 Å². The van der Waals surface area contributed by atoms with Crippen molar-refractivity contribution in [3.63, 3.8) is 0 Å². The number of fused-ring (bicyclic) bond motifs is 1. The number of hydrogen-bond acceptors (Lipinski definition) is 2. The molecular formula is C16H18N4O. The van der Waals surface area contributed by atoms with E-state index in [1.165, 1.54) is 10.9 Å². The van der Waals surface area contributed by atoms with E-state index in [0.29, 0.717) is 12.2 Å². The number of benzene rings is 1. The van der Waals surface area contributed by atoms with Crippen molar-refractivity contribution in [3.05, 3.63) is 53.5 Å². The Labute approximate surface area is 123 Å². The molecule has 3 aromatic rings. The van der Waals surface area contributed by atoms with E-state index >= 15 is 0 Å². The molecule has 0 saturated heterocycles. The molecule has 108 valence electrons. The summed E-state index contributed by atoms with van der Waals surface area (Å²) < 4.78 is 1.61. The first kappa shape index (κ1) is 13.4. The fourth-order valence-corrected chi connectivity index (χ4v) is 2.56. The predicted octanol–water partition coefficient (Wildman–Crippen LogP) is 2.18. The van der Waals surface area contributed by atoms with E-state index in [2.05, 4.69) is 27.5 Å². The Hall–Kier alpha value is -2.56. The molecule has 1 amide bonds. The maximum absolute atomic E-state index is 12.1. The molecule has 0 saturated carbocycles. The van der Waals surface area contributed by atoms with Crippen LogP contribution >= 0.6 is 0 Å². The van der Waals surface area contributed by atoms with Gasteiger partial charge in [-0.15, -0.1) is 0 Å². The summed E-state index contributed by atoms with van der Waals surface area (Å²) >= 11 is 0. The summed E-state index contributed by atoms with van der Waals surface area (Å²) in [4.78, 5) is 15.3. The number of aryl methyl sites for hydroxylation is 2. The molecule has 2 N–H and O–H groups in total. The number of aromatic nitrogens is 3. The van der Waals surface area contributed by atoms with Gasteiger partial charge in [-0.3, -0.25) is 9.48 Å². The SMILES string of the molecule is Cc1cc(C(=O)NCCc2c[nH]c3ccccc23)n(C)n1. The summed E-state index contributed by atoms with van der Waals surface area (Å²) in [5.41, 5.74) is 3.78. The van der Waals surface area contributed by atoms with Crippen molar-refractivity contribution in [2.45, 2.75) is 13.3 Å². The zero-order valence-corrected chi connectivity index (χ0v) is 12.2. The molecule has 2 heterocycles. The maximum Gasteiger partial charge on any atom is 0.269 e. The first-order valence-corrected chi connectivity index (χ1v) is 6.99. The van der Waals surface area contributed by atoms with Crippen molar-refractivity contribution in [2.75, 3.05) is 6.54 Å². The van der Waals surface area contributed by atoms with Crippen LogP contribution < -0.4 is 5.32 Å². The lowest BCUT2D eigenvalue weighted by Gasteiger charge is -2.04. The number of aromatic amines is 1. The molecule has 0 aliphatic rings. The summed E-state index contributed by atoms with van der Waals surface area (Å²) in [5, 5.41) is 8.34. The second-order valence-electron chi connectivity index (χ2n) is 5.16. The molecule has 0 fully saturated rings. The quantitative estimate of drug-likeness (QED) is 0.770. The molecule has 0 bridgehead atoms. The fourth-order valence-electron chi connectivity index (χ4n) is 2.56. The van der Waals surface area contributed by atoms with Gasteiger partial charge in [-0.1, -0.05) is 18.2 Å². The fraction of sp³-hybridized carbons (Fsp3) is 0.250. The lowest BCUT2D eigenvalue weighted by atomic mass is 10.1. The molecule has 0 radical (unpaired) electrons. The number of nitrogens with one attached hydrogen (secondary N) is 2. The number of nitrogens with zero attached hydrogens (tertiary/aromatic N) is 2. The average molecular weight is 282 g/mol. The molecular weight excluding hydrogens is 264 g/mol. The van der Waals surface area contributed by atoms with Crippen molar-refractivity contribution < 1.29 is 4.79 Å². The van der Waals surface area contributed by atoms with Crippen LogP contribution in [0.4, 0.5) is 0 Å². The first-order valence-electron chi connectivity index (χ1n) is 6.99. The molecule has 3 rings (SSSR count). The lowest BCUT2D eigenvalue weighted by Crippen LogP contribution is -2.27. The van der Waals surface area contributed by atoms with E-state index in [9.17, 15) is 4.79 Å². The van der Waals surface area contributed by atoms with Crippen molar-refractivity contribution in [3.8, 4) is 0 Å². The van der Waals surface area contributed by atoms with E-state index in [4.69, 9.17) is 0 Å². The second kappa shape index (κ2) is 5.44. The number of para-hydroxylation sites is 1. The summed E-state index contributed by atoms with van der Waals surface area (Å²) in [5.74, 6) is -0.0852. The molecule has 5 heteroatoms. The van der Waals surface area contributed by atoms with Crippen LogP contribution in [0.3, 0.4) is 0 Å². The van der Waals surface area contributed by atoms with Crippen LogP contribution in [-0.4, -0.2) is 27.2 Å². The van der Waals surface area contributed by atoms with Crippen molar-refractivity contribution in [2.24, 2.45) is 7.05 Å². The van der Waals surface area contributed by atoms with Crippen LogP contribution in [0.25, 0.3) is 10.9 Å². The minimum absolute atomic E-state index is 0.0852. The van der Waals surface area contributed by atoms with E-state index in [-0.39, 0.29) is 5.91 Å². The van der Waals surface area contributed by atoms with Crippen LogP contribution in [0, 0.1) is 6.92 Å². The molecule has 0 unspecified atom stereocenters.